The van der Waals surface area contributed by atoms with Crippen LogP contribution in [0.4, 0.5) is 18.9 Å². The number of likely N-dealkylation sites (tertiary alicyclic amines) is 1. The van der Waals surface area contributed by atoms with Crippen LogP contribution in [0.2, 0.25) is 0 Å². The van der Waals surface area contributed by atoms with Crippen molar-refractivity contribution in [2.24, 2.45) is 0 Å². The lowest BCUT2D eigenvalue weighted by Gasteiger charge is -2.21. The van der Waals surface area contributed by atoms with Crippen molar-refractivity contribution in [2.75, 3.05) is 25.0 Å². The van der Waals surface area contributed by atoms with Gasteiger partial charge in [0.25, 0.3) is 5.91 Å². The number of para-hydroxylation sites is 1. The Hall–Kier alpha value is -1.72. The van der Waals surface area contributed by atoms with Gasteiger partial charge in [-0.3, -0.25) is 4.79 Å². The normalized spacial score (nSPS) is 15.3. The van der Waals surface area contributed by atoms with Crippen molar-refractivity contribution in [3.05, 3.63) is 29.3 Å². The molecule has 1 N–H and O–H groups in total. The van der Waals surface area contributed by atoms with Crippen LogP contribution < -0.4 is 5.32 Å². The van der Waals surface area contributed by atoms with Gasteiger partial charge in [-0.05, 0) is 31.4 Å². The molecule has 1 aromatic rings. The topological polar surface area (TPSA) is 32.3 Å². The Morgan fingerprint density at radius 3 is 2.52 bits per heavy atom. The number of alkyl halides is 3. The summed E-state index contributed by atoms with van der Waals surface area (Å²) in [4.78, 5) is 14.0. The first-order chi connectivity index (χ1) is 9.95. The number of hydrogen-bond donors (Lipinski definition) is 1. The molecule has 0 unspecified atom stereocenters. The fourth-order valence-electron chi connectivity index (χ4n) is 2.50. The summed E-state index contributed by atoms with van der Waals surface area (Å²) >= 11 is 0. The number of hydrogen-bond acceptors (Lipinski definition) is 2. The molecule has 1 fully saturated rings. The summed E-state index contributed by atoms with van der Waals surface area (Å²) in [5, 5.41) is 2.77. The molecule has 1 aliphatic rings. The molecule has 3 nitrogen and oxygen atoms in total. The van der Waals surface area contributed by atoms with Crippen molar-refractivity contribution < 1.29 is 18.0 Å². The van der Waals surface area contributed by atoms with Crippen LogP contribution in [0.3, 0.4) is 0 Å². The molecule has 0 aliphatic carbocycles. The number of benzene rings is 1. The average molecular weight is 300 g/mol. The highest BCUT2D eigenvalue weighted by atomic mass is 19.4. The summed E-state index contributed by atoms with van der Waals surface area (Å²) in [5.41, 5.74) is -0.759. The van der Waals surface area contributed by atoms with Gasteiger partial charge in [-0.2, -0.15) is 13.2 Å². The standard InChI is InChI=1S/C15H19F3N2O/c1-2-8-19-13-11(14(21)20-9-3-4-10-20)6-5-7-12(13)15(16,17)18/h5-7,19H,2-4,8-10H2,1H3. The zero-order valence-electron chi connectivity index (χ0n) is 12.0. The van der Waals surface area contributed by atoms with Gasteiger partial charge in [0.05, 0.1) is 16.8 Å². The molecule has 1 saturated heterocycles. The van der Waals surface area contributed by atoms with Gasteiger partial charge in [0, 0.05) is 19.6 Å². The van der Waals surface area contributed by atoms with Crippen LogP contribution in [-0.4, -0.2) is 30.4 Å². The summed E-state index contributed by atoms with van der Waals surface area (Å²) in [6.45, 7) is 3.49. The van der Waals surface area contributed by atoms with E-state index in [2.05, 4.69) is 5.32 Å². The zero-order chi connectivity index (χ0) is 15.5. The second-order valence-electron chi connectivity index (χ2n) is 5.15. The number of anilines is 1. The van der Waals surface area contributed by atoms with E-state index >= 15 is 0 Å². The predicted octanol–water partition coefficient (Wildman–Crippen LogP) is 3.76. The molecule has 1 aromatic carbocycles. The molecule has 0 saturated carbocycles. The number of carbonyl (C=O) groups excluding carboxylic acids is 1. The number of amides is 1. The maximum atomic E-state index is 13.1. The molecule has 1 amide bonds. The fraction of sp³-hybridized carbons (Fsp3) is 0.533. The van der Waals surface area contributed by atoms with Crippen LogP contribution in [0.1, 0.15) is 42.1 Å². The third kappa shape index (κ3) is 3.49. The first-order valence-corrected chi connectivity index (χ1v) is 7.18. The Kier molecular flexibility index (Phi) is 4.75. The minimum atomic E-state index is -4.47. The van der Waals surface area contributed by atoms with Gasteiger partial charge in [0.2, 0.25) is 0 Å². The van der Waals surface area contributed by atoms with Crippen LogP contribution in [-0.2, 0) is 6.18 Å². The SMILES string of the molecule is CCCNc1c(C(=O)N2CCCC2)cccc1C(F)(F)F. The fourth-order valence-corrected chi connectivity index (χ4v) is 2.50. The Morgan fingerprint density at radius 2 is 1.95 bits per heavy atom. The average Bonchev–Trinajstić information content (AvgIpc) is 2.97. The van der Waals surface area contributed by atoms with E-state index in [0.717, 1.165) is 18.9 Å². The van der Waals surface area contributed by atoms with Gasteiger partial charge in [-0.15, -0.1) is 0 Å². The van der Waals surface area contributed by atoms with Crippen LogP contribution in [0, 0.1) is 0 Å². The van der Waals surface area contributed by atoms with Gasteiger partial charge in [-0.1, -0.05) is 13.0 Å². The van der Waals surface area contributed by atoms with Crippen molar-refractivity contribution in [2.45, 2.75) is 32.4 Å². The number of nitrogens with one attached hydrogen (secondary N) is 1. The highest BCUT2D eigenvalue weighted by molar-refractivity contribution is 6.00. The van der Waals surface area contributed by atoms with Crippen LogP contribution >= 0.6 is 0 Å². The van der Waals surface area contributed by atoms with Gasteiger partial charge in [0.1, 0.15) is 0 Å². The van der Waals surface area contributed by atoms with E-state index in [1.165, 1.54) is 12.1 Å². The lowest BCUT2D eigenvalue weighted by Crippen LogP contribution is -2.29. The Labute approximate surface area is 122 Å². The minimum Gasteiger partial charge on any atom is -0.384 e. The van der Waals surface area contributed by atoms with Crippen molar-refractivity contribution in [3.63, 3.8) is 0 Å². The zero-order valence-corrected chi connectivity index (χ0v) is 12.0. The first-order valence-electron chi connectivity index (χ1n) is 7.18. The van der Waals surface area contributed by atoms with E-state index in [-0.39, 0.29) is 17.2 Å². The molecule has 21 heavy (non-hydrogen) atoms. The highest BCUT2D eigenvalue weighted by Gasteiger charge is 2.36. The van der Waals surface area contributed by atoms with Crippen molar-refractivity contribution in [1.29, 1.82) is 0 Å². The number of rotatable bonds is 4. The quantitative estimate of drug-likeness (QED) is 0.918. The molecular weight excluding hydrogens is 281 g/mol. The molecule has 0 atom stereocenters. The monoisotopic (exact) mass is 300 g/mol. The minimum absolute atomic E-state index is 0.0937. The van der Waals surface area contributed by atoms with Gasteiger partial charge < -0.3 is 10.2 Å². The summed E-state index contributed by atoms with van der Waals surface area (Å²) in [6.07, 6.45) is -1.98. The second-order valence-corrected chi connectivity index (χ2v) is 5.15. The molecule has 2 rings (SSSR count). The second kappa shape index (κ2) is 6.37. The van der Waals surface area contributed by atoms with E-state index in [4.69, 9.17) is 0 Å². The van der Waals surface area contributed by atoms with Crippen LogP contribution in [0.25, 0.3) is 0 Å². The maximum Gasteiger partial charge on any atom is 0.418 e. The van der Waals surface area contributed by atoms with Crippen molar-refractivity contribution in [1.82, 2.24) is 4.90 Å². The predicted molar refractivity (Wildman–Crippen MR) is 75.4 cm³/mol. The number of carbonyl (C=O) groups is 1. The molecule has 116 valence electrons. The largest absolute Gasteiger partial charge is 0.418 e. The maximum absolute atomic E-state index is 13.1. The smallest absolute Gasteiger partial charge is 0.384 e. The van der Waals surface area contributed by atoms with E-state index in [0.29, 0.717) is 26.1 Å². The molecule has 1 aliphatic heterocycles. The molecule has 0 spiro atoms. The summed E-state index contributed by atoms with van der Waals surface area (Å²) in [6, 6.07) is 3.77. The van der Waals surface area contributed by atoms with Crippen molar-refractivity contribution >= 4 is 11.6 Å². The molecule has 6 heteroatoms. The Morgan fingerprint density at radius 1 is 1.29 bits per heavy atom. The molecule has 0 bridgehead atoms. The van der Waals surface area contributed by atoms with Gasteiger partial charge in [0.15, 0.2) is 0 Å². The molecule has 1 heterocycles. The molecular formula is C15H19F3N2O. The van der Waals surface area contributed by atoms with Crippen LogP contribution in [0.5, 0.6) is 0 Å². The van der Waals surface area contributed by atoms with Crippen molar-refractivity contribution in [3.8, 4) is 0 Å². The summed E-state index contributed by atoms with van der Waals surface area (Å²) in [7, 11) is 0. The summed E-state index contributed by atoms with van der Waals surface area (Å²) < 4.78 is 39.4. The highest BCUT2D eigenvalue weighted by Crippen LogP contribution is 2.37. The third-order valence-electron chi connectivity index (χ3n) is 3.55. The first kappa shape index (κ1) is 15.7. The number of halogens is 3. The number of nitrogens with zero attached hydrogens (tertiary/aromatic N) is 1. The van der Waals surface area contributed by atoms with E-state index in [1.54, 1.807) is 4.90 Å². The lowest BCUT2D eigenvalue weighted by atomic mass is 10.0. The summed E-state index contributed by atoms with van der Waals surface area (Å²) in [5.74, 6) is -0.322. The third-order valence-corrected chi connectivity index (χ3v) is 3.55. The Balaban J connectivity index is 2.41. The lowest BCUT2D eigenvalue weighted by molar-refractivity contribution is -0.137. The van der Waals surface area contributed by atoms with E-state index < -0.39 is 11.7 Å². The van der Waals surface area contributed by atoms with Gasteiger partial charge >= 0.3 is 6.18 Å². The van der Waals surface area contributed by atoms with Gasteiger partial charge in [-0.25, -0.2) is 0 Å². The van der Waals surface area contributed by atoms with Crippen LogP contribution in [0.15, 0.2) is 18.2 Å². The van der Waals surface area contributed by atoms with E-state index in [9.17, 15) is 18.0 Å². The molecule has 0 radical (unpaired) electrons. The Bertz CT molecular complexity index is 508. The van der Waals surface area contributed by atoms with E-state index in [1.807, 2.05) is 6.92 Å². The molecule has 0 aromatic heterocycles.